The lowest BCUT2D eigenvalue weighted by Crippen LogP contribution is -2.33. The van der Waals surface area contributed by atoms with Crippen molar-refractivity contribution in [1.29, 1.82) is 5.26 Å². The molecule has 2 aromatic heterocycles. The normalized spacial score (nSPS) is 14.8. The van der Waals surface area contributed by atoms with Crippen LogP contribution in [0, 0.1) is 18.3 Å². The summed E-state index contributed by atoms with van der Waals surface area (Å²) in [7, 11) is 0. The first-order valence-electron chi connectivity index (χ1n) is 21.6. The summed E-state index contributed by atoms with van der Waals surface area (Å²) in [5.41, 5.74) is 16.6. The van der Waals surface area contributed by atoms with Gasteiger partial charge in [0, 0.05) is 32.6 Å². The first kappa shape index (κ1) is 34.3. The number of hydrogen-bond acceptors (Lipinski definition) is 3. The van der Waals surface area contributed by atoms with Crippen LogP contribution in [0.3, 0.4) is 0 Å². The Morgan fingerprint density at radius 3 is 2.00 bits per heavy atom. The second-order valence-corrected chi connectivity index (χ2v) is 17.1. The van der Waals surface area contributed by atoms with Crippen LogP contribution in [0.4, 0.5) is 17.1 Å². The minimum atomic E-state index is -0.681. The molecule has 63 heavy (non-hydrogen) atoms. The van der Waals surface area contributed by atoms with Crippen molar-refractivity contribution in [2.75, 3.05) is 4.90 Å². The van der Waals surface area contributed by atoms with Crippen LogP contribution in [0.25, 0.3) is 82.1 Å². The summed E-state index contributed by atoms with van der Waals surface area (Å²) >= 11 is 0. The maximum Gasteiger partial charge on any atom is 0.159 e. The van der Waals surface area contributed by atoms with E-state index in [9.17, 15) is 5.26 Å². The average molecular weight is 802 g/mol. The van der Waals surface area contributed by atoms with Crippen molar-refractivity contribution < 1.29 is 4.42 Å². The van der Waals surface area contributed by atoms with E-state index in [1.165, 1.54) is 82.6 Å². The minimum Gasteiger partial charge on any atom is -0.452 e. The summed E-state index contributed by atoms with van der Waals surface area (Å²) in [5.74, 6) is 0. The van der Waals surface area contributed by atoms with E-state index in [-0.39, 0.29) is 0 Å². The van der Waals surface area contributed by atoms with Crippen molar-refractivity contribution in [1.82, 2.24) is 4.57 Å². The van der Waals surface area contributed by atoms with E-state index in [4.69, 9.17) is 4.42 Å². The van der Waals surface area contributed by atoms with Crippen LogP contribution in [0.5, 0.6) is 0 Å². The van der Waals surface area contributed by atoms with Crippen LogP contribution in [-0.2, 0) is 5.41 Å². The molecule has 10 aromatic carbocycles. The molecule has 4 heteroatoms. The van der Waals surface area contributed by atoms with Crippen molar-refractivity contribution in [2.24, 2.45) is 0 Å². The fourth-order valence-corrected chi connectivity index (χ4v) is 11.6. The van der Waals surface area contributed by atoms with Crippen molar-refractivity contribution >= 4 is 82.4 Å². The van der Waals surface area contributed by atoms with E-state index in [0.29, 0.717) is 11.1 Å². The highest BCUT2D eigenvalue weighted by molar-refractivity contribution is 6.19. The van der Waals surface area contributed by atoms with Gasteiger partial charge in [0.05, 0.1) is 39.1 Å². The van der Waals surface area contributed by atoms with Crippen LogP contribution in [0.1, 0.15) is 33.4 Å². The smallest absolute Gasteiger partial charge is 0.159 e. The largest absolute Gasteiger partial charge is 0.452 e. The van der Waals surface area contributed by atoms with E-state index in [1.807, 2.05) is 12.1 Å². The van der Waals surface area contributed by atoms with Gasteiger partial charge in [0.25, 0.3) is 0 Å². The molecule has 1 spiro atoms. The average Bonchev–Trinajstić information content (AvgIpc) is 3.99. The second-order valence-electron chi connectivity index (χ2n) is 17.1. The number of anilines is 3. The first-order chi connectivity index (χ1) is 31.1. The maximum atomic E-state index is 10.2. The maximum absolute atomic E-state index is 10.2. The van der Waals surface area contributed by atoms with Gasteiger partial charge < -0.3 is 13.9 Å². The molecular weight excluding hydrogens is 767 g/mol. The molecule has 1 aliphatic heterocycles. The first-order valence-corrected chi connectivity index (χ1v) is 21.6. The number of fused-ring (bicyclic) bond motifs is 19. The number of aromatic nitrogens is 1. The standard InChI is InChI=1S/C59H35N3O/c1-35-27-30-38(31-28-35)61(52-26-12-21-45-44-20-10-14-37(34-60)57(44)63-58(45)52)53-33-49-55(42-18-5-4-16-40(42)53)54-39-15-3-2-13-36(39)29-32-47(54)59(49)46-22-7-9-25-51(46)62-50-24-8-6-17-41(50)43-19-11-23-48(59)56(43)62/h2-33H,1H3. The summed E-state index contributed by atoms with van der Waals surface area (Å²) in [5, 5.41) is 19.4. The Bertz CT molecular complexity index is 4010. The summed E-state index contributed by atoms with van der Waals surface area (Å²) in [6.07, 6.45) is 0. The molecule has 1 aliphatic carbocycles. The number of benzene rings is 10. The Balaban J connectivity index is 1.19. The highest BCUT2D eigenvalue weighted by atomic mass is 16.3. The van der Waals surface area contributed by atoms with E-state index >= 15 is 0 Å². The molecule has 0 saturated heterocycles. The van der Waals surface area contributed by atoms with Crippen LogP contribution >= 0.6 is 0 Å². The molecular formula is C59H35N3O. The van der Waals surface area contributed by atoms with Crippen LogP contribution in [0.2, 0.25) is 0 Å². The van der Waals surface area contributed by atoms with E-state index < -0.39 is 5.41 Å². The number of rotatable bonds is 3. The van der Waals surface area contributed by atoms with Gasteiger partial charge in [-0.05, 0) is 98.9 Å². The lowest BCUT2D eigenvalue weighted by atomic mass is 9.65. The van der Waals surface area contributed by atoms with Gasteiger partial charge in [-0.3, -0.25) is 0 Å². The molecule has 12 aromatic rings. The van der Waals surface area contributed by atoms with Gasteiger partial charge in [-0.25, -0.2) is 0 Å². The Morgan fingerprint density at radius 1 is 0.492 bits per heavy atom. The van der Waals surface area contributed by atoms with Crippen molar-refractivity contribution in [3.63, 3.8) is 0 Å². The molecule has 4 nitrogen and oxygen atoms in total. The van der Waals surface area contributed by atoms with Crippen molar-refractivity contribution in [2.45, 2.75) is 12.3 Å². The lowest BCUT2D eigenvalue weighted by molar-refractivity contribution is 0.668. The molecule has 2 aliphatic rings. The molecule has 0 radical (unpaired) electrons. The van der Waals surface area contributed by atoms with E-state index in [1.54, 1.807) is 0 Å². The Labute approximate surface area is 362 Å². The lowest BCUT2D eigenvalue weighted by Gasteiger charge is -2.40. The Morgan fingerprint density at radius 2 is 1.14 bits per heavy atom. The zero-order valence-corrected chi connectivity index (χ0v) is 34.2. The predicted octanol–water partition coefficient (Wildman–Crippen LogP) is 15.3. The van der Waals surface area contributed by atoms with E-state index in [2.05, 4.69) is 204 Å². The molecule has 0 amide bonds. The van der Waals surface area contributed by atoms with Gasteiger partial charge in [-0.1, -0.05) is 157 Å². The van der Waals surface area contributed by atoms with Crippen LogP contribution < -0.4 is 4.90 Å². The summed E-state index contributed by atoms with van der Waals surface area (Å²) < 4.78 is 9.36. The zero-order chi connectivity index (χ0) is 41.6. The van der Waals surface area contributed by atoms with Crippen LogP contribution in [-0.4, -0.2) is 4.57 Å². The third-order valence-corrected chi connectivity index (χ3v) is 14.1. The van der Waals surface area contributed by atoms with Gasteiger partial charge >= 0.3 is 0 Å². The highest BCUT2D eigenvalue weighted by Crippen LogP contribution is 2.64. The number of nitriles is 1. The molecule has 0 N–H and O–H groups in total. The Hall–Kier alpha value is -8.39. The van der Waals surface area contributed by atoms with Crippen LogP contribution in [0.15, 0.2) is 199 Å². The molecule has 1 atom stereocenters. The van der Waals surface area contributed by atoms with Crippen molar-refractivity contribution in [3.05, 3.63) is 228 Å². The topological polar surface area (TPSA) is 45.1 Å². The monoisotopic (exact) mass is 801 g/mol. The van der Waals surface area contributed by atoms with Gasteiger partial charge in [0.15, 0.2) is 11.2 Å². The number of hydrogen-bond donors (Lipinski definition) is 0. The molecule has 0 fully saturated rings. The number of para-hydroxylation sites is 5. The second kappa shape index (κ2) is 12.4. The predicted molar refractivity (Wildman–Crippen MR) is 258 cm³/mol. The summed E-state index contributed by atoms with van der Waals surface area (Å²) in [6, 6.07) is 73.4. The fourth-order valence-electron chi connectivity index (χ4n) is 11.6. The fraction of sp³-hybridized carbons (Fsp3) is 0.0339. The zero-order valence-electron chi connectivity index (χ0n) is 34.2. The molecule has 0 bridgehead atoms. The SMILES string of the molecule is Cc1ccc(N(c2cc3c(c4ccccc24)-c2c(ccc4ccccc24)C32c3ccccc3-n3c4ccccc4c4cccc2c43)c2cccc3c2oc2c(C#N)cccc23)cc1. The molecule has 292 valence electrons. The number of aryl methyl sites for hydroxylation is 1. The van der Waals surface area contributed by atoms with Crippen molar-refractivity contribution in [3.8, 4) is 22.9 Å². The molecule has 14 rings (SSSR count). The van der Waals surface area contributed by atoms with Gasteiger partial charge in [0.2, 0.25) is 0 Å². The third kappa shape index (κ3) is 4.28. The number of nitrogens with zero attached hydrogens (tertiary/aromatic N) is 3. The molecule has 1 unspecified atom stereocenters. The number of furan rings is 1. The van der Waals surface area contributed by atoms with Gasteiger partial charge in [0.1, 0.15) is 6.07 Å². The van der Waals surface area contributed by atoms with Gasteiger partial charge in [-0.2, -0.15) is 5.26 Å². The molecule has 0 saturated carbocycles. The highest BCUT2D eigenvalue weighted by Gasteiger charge is 2.52. The summed E-state index contributed by atoms with van der Waals surface area (Å²) in [6.45, 7) is 2.13. The minimum absolute atomic E-state index is 0.522. The molecule has 3 heterocycles. The van der Waals surface area contributed by atoms with Gasteiger partial charge in [-0.15, -0.1) is 0 Å². The third-order valence-electron chi connectivity index (χ3n) is 14.1. The van der Waals surface area contributed by atoms with E-state index in [0.717, 1.165) is 38.8 Å². The summed E-state index contributed by atoms with van der Waals surface area (Å²) in [4.78, 5) is 2.39. The quantitative estimate of drug-likeness (QED) is 0.179. The Kier molecular flexibility index (Phi) is 6.73.